The average molecular weight is 471 g/mol. The van der Waals surface area contributed by atoms with E-state index in [0.717, 1.165) is 23.0 Å². The van der Waals surface area contributed by atoms with Gasteiger partial charge in [-0.15, -0.1) is 0 Å². The summed E-state index contributed by atoms with van der Waals surface area (Å²) >= 11 is 0. The summed E-state index contributed by atoms with van der Waals surface area (Å²) in [5.41, 5.74) is 2.48. The monoisotopic (exact) mass is 471 g/mol. The normalized spacial score (nSPS) is 12.8. The van der Waals surface area contributed by atoms with Crippen molar-refractivity contribution in [2.24, 2.45) is 7.05 Å². The molecule has 3 heterocycles. The summed E-state index contributed by atoms with van der Waals surface area (Å²) in [6.45, 7) is 5.24. The molecule has 4 rings (SSSR count). The summed E-state index contributed by atoms with van der Waals surface area (Å²) in [6.07, 6.45) is -4.50. The zero-order valence-electron chi connectivity index (χ0n) is 19.2. The lowest BCUT2D eigenvalue weighted by Crippen LogP contribution is -2.16. The standard InChI is InChI=1S/C24H24F3N5O2/c1-13(20-14(2)29-30-15(20)3)10-17(33)12-34-19-11-18(24(25,26)27)21-22(16-8-6-5-7-9-16)31-32(4)23(21)28-19/h5-9,11,13H,10,12H2,1-4H3,(H,29,30)/t13-/m1/s1. The number of aromatic nitrogens is 5. The molecular formula is C24H24F3N5O2. The van der Waals surface area contributed by atoms with E-state index in [-0.39, 0.29) is 47.3 Å². The van der Waals surface area contributed by atoms with E-state index in [1.165, 1.54) is 11.7 Å². The first kappa shape index (κ1) is 23.5. The fraction of sp³-hybridized carbons (Fsp3) is 0.333. The number of pyridine rings is 1. The highest BCUT2D eigenvalue weighted by atomic mass is 19.4. The van der Waals surface area contributed by atoms with Gasteiger partial charge in [0, 0.05) is 30.8 Å². The second-order valence-corrected chi connectivity index (χ2v) is 8.32. The first-order chi connectivity index (χ1) is 16.1. The van der Waals surface area contributed by atoms with Gasteiger partial charge in [-0.2, -0.15) is 28.4 Å². The summed E-state index contributed by atoms with van der Waals surface area (Å²) in [7, 11) is 1.52. The second kappa shape index (κ2) is 8.92. The van der Waals surface area contributed by atoms with E-state index < -0.39 is 11.7 Å². The molecule has 3 aromatic heterocycles. The van der Waals surface area contributed by atoms with Crippen molar-refractivity contribution in [1.29, 1.82) is 0 Å². The number of hydrogen-bond acceptors (Lipinski definition) is 5. The van der Waals surface area contributed by atoms with Crippen molar-refractivity contribution in [3.8, 4) is 17.1 Å². The molecular weight excluding hydrogens is 447 g/mol. The zero-order valence-corrected chi connectivity index (χ0v) is 19.2. The van der Waals surface area contributed by atoms with Crippen LogP contribution in [0.4, 0.5) is 13.2 Å². The molecule has 0 saturated heterocycles. The van der Waals surface area contributed by atoms with Gasteiger partial charge in [0.2, 0.25) is 5.88 Å². The summed E-state index contributed by atoms with van der Waals surface area (Å²) in [6, 6.07) is 9.44. The highest BCUT2D eigenvalue weighted by molar-refractivity contribution is 5.94. The zero-order chi connectivity index (χ0) is 24.6. The molecule has 0 fully saturated rings. The highest BCUT2D eigenvalue weighted by Crippen LogP contribution is 2.40. The molecule has 0 aliphatic heterocycles. The van der Waals surface area contributed by atoms with Crippen LogP contribution in [-0.2, 0) is 18.0 Å². The van der Waals surface area contributed by atoms with E-state index in [1.807, 2.05) is 20.8 Å². The van der Waals surface area contributed by atoms with Crippen LogP contribution < -0.4 is 4.74 Å². The third-order valence-corrected chi connectivity index (χ3v) is 5.72. The van der Waals surface area contributed by atoms with Crippen LogP contribution in [0.2, 0.25) is 0 Å². The fourth-order valence-electron chi connectivity index (χ4n) is 4.26. The molecule has 34 heavy (non-hydrogen) atoms. The molecule has 7 nitrogen and oxygen atoms in total. The largest absolute Gasteiger partial charge is 0.470 e. The maximum atomic E-state index is 14.0. The SMILES string of the molecule is Cc1n[nH]c(C)c1[C@H](C)CC(=O)COc1cc(C(F)(F)F)c2c(-c3ccccc3)nn(C)c2n1. The summed E-state index contributed by atoms with van der Waals surface area (Å²) in [5.74, 6) is -0.640. The fourth-order valence-corrected chi connectivity index (χ4v) is 4.26. The number of fused-ring (bicyclic) bond motifs is 1. The summed E-state index contributed by atoms with van der Waals surface area (Å²) < 4.78 is 48.8. The number of Topliss-reactive ketones (excluding diaryl/α,β-unsaturated/α-hetero) is 1. The van der Waals surface area contributed by atoms with Crippen molar-refractivity contribution >= 4 is 16.8 Å². The van der Waals surface area contributed by atoms with Crippen molar-refractivity contribution in [2.75, 3.05) is 6.61 Å². The van der Waals surface area contributed by atoms with E-state index in [1.54, 1.807) is 30.3 Å². The Morgan fingerprint density at radius 1 is 1.21 bits per heavy atom. The molecule has 0 radical (unpaired) electrons. The number of ketones is 1. The molecule has 0 aliphatic carbocycles. The molecule has 1 aromatic carbocycles. The van der Waals surface area contributed by atoms with E-state index in [4.69, 9.17) is 4.74 Å². The Bertz CT molecular complexity index is 1320. The van der Waals surface area contributed by atoms with Gasteiger partial charge in [0.05, 0.1) is 16.6 Å². The van der Waals surface area contributed by atoms with Crippen molar-refractivity contribution in [2.45, 2.75) is 39.3 Å². The first-order valence-electron chi connectivity index (χ1n) is 10.7. The number of benzene rings is 1. The number of aryl methyl sites for hydroxylation is 3. The topological polar surface area (TPSA) is 85.7 Å². The molecule has 0 bridgehead atoms. The number of ether oxygens (including phenoxy) is 1. The number of carbonyl (C=O) groups excluding carboxylic acids is 1. The van der Waals surface area contributed by atoms with Crippen molar-refractivity contribution in [3.05, 3.63) is 58.9 Å². The maximum Gasteiger partial charge on any atom is 0.417 e. The minimum Gasteiger partial charge on any atom is -0.470 e. The predicted molar refractivity (Wildman–Crippen MR) is 121 cm³/mol. The lowest BCUT2D eigenvalue weighted by molar-refractivity contribution is -0.136. The van der Waals surface area contributed by atoms with Gasteiger partial charge in [-0.1, -0.05) is 37.3 Å². The number of nitrogens with one attached hydrogen (secondary N) is 1. The van der Waals surface area contributed by atoms with Gasteiger partial charge in [0.1, 0.15) is 12.3 Å². The Morgan fingerprint density at radius 3 is 2.53 bits per heavy atom. The smallest absolute Gasteiger partial charge is 0.417 e. The van der Waals surface area contributed by atoms with E-state index in [2.05, 4.69) is 20.3 Å². The molecule has 10 heteroatoms. The van der Waals surface area contributed by atoms with Crippen LogP contribution in [0.1, 0.15) is 41.8 Å². The minimum absolute atomic E-state index is 0.0224. The Hall–Kier alpha value is -3.69. The van der Waals surface area contributed by atoms with Gasteiger partial charge in [0.25, 0.3) is 0 Å². The number of halogens is 3. The van der Waals surface area contributed by atoms with Crippen LogP contribution in [0.5, 0.6) is 5.88 Å². The number of alkyl halides is 3. The van der Waals surface area contributed by atoms with E-state index in [0.29, 0.717) is 5.56 Å². The Morgan fingerprint density at radius 2 is 1.91 bits per heavy atom. The van der Waals surface area contributed by atoms with Crippen LogP contribution >= 0.6 is 0 Å². The molecule has 0 aliphatic rings. The van der Waals surface area contributed by atoms with Gasteiger partial charge in [0.15, 0.2) is 11.4 Å². The van der Waals surface area contributed by atoms with Crippen LogP contribution in [0.15, 0.2) is 36.4 Å². The van der Waals surface area contributed by atoms with Crippen molar-refractivity contribution in [3.63, 3.8) is 0 Å². The predicted octanol–water partition coefficient (Wildman–Crippen LogP) is 5.14. The molecule has 0 amide bonds. The highest BCUT2D eigenvalue weighted by Gasteiger charge is 2.36. The molecule has 4 aromatic rings. The number of aromatic amines is 1. The summed E-state index contributed by atoms with van der Waals surface area (Å²) in [5, 5.41) is 11.2. The first-order valence-corrected chi connectivity index (χ1v) is 10.7. The van der Waals surface area contributed by atoms with Gasteiger partial charge >= 0.3 is 6.18 Å². The number of H-pyrrole nitrogens is 1. The molecule has 0 spiro atoms. The lowest BCUT2D eigenvalue weighted by atomic mass is 9.94. The van der Waals surface area contributed by atoms with Crippen molar-refractivity contribution in [1.82, 2.24) is 25.0 Å². The van der Waals surface area contributed by atoms with Gasteiger partial charge < -0.3 is 4.74 Å². The third-order valence-electron chi connectivity index (χ3n) is 5.72. The Kier molecular flexibility index (Phi) is 6.16. The van der Waals surface area contributed by atoms with Crippen molar-refractivity contribution < 1.29 is 22.7 Å². The molecule has 1 atom stereocenters. The number of nitrogens with zero attached hydrogens (tertiary/aromatic N) is 4. The van der Waals surface area contributed by atoms with E-state index in [9.17, 15) is 18.0 Å². The quantitative estimate of drug-likeness (QED) is 0.404. The average Bonchev–Trinajstić information content (AvgIpc) is 3.30. The number of rotatable bonds is 7. The lowest BCUT2D eigenvalue weighted by Gasteiger charge is -2.13. The second-order valence-electron chi connectivity index (χ2n) is 8.32. The van der Waals surface area contributed by atoms with Crippen LogP contribution in [-0.4, -0.2) is 37.4 Å². The molecule has 1 N–H and O–H groups in total. The van der Waals surface area contributed by atoms with Gasteiger partial charge in [-0.3, -0.25) is 9.89 Å². The Labute approximate surface area is 194 Å². The van der Waals surface area contributed by atoms with Crippen LogP contribution in [0, 0.1) is 13.8 Å². The number of carbonyl (C=O) groups is 1. The molecule has 0 saturated carbocycles. The van der Waals surface area contributed by atoms with Crippen LogP contribution in [0.3, 0.4) is 0 Å². The minimum atomic E-state index is -4.67. The molecule has 178 valence electrons. The molecule has 0 unspecified atom stereocenters. The summed E-state index contributed by atoms with van der Waals surface area (Å²) in [4.78, 5) is 16.8. The Balaban J connectivity index is 1.61. The third kappa shape index (κ3) is 4.52. The van der Waals surface area contributed by atoms with Crippen LogP contribution in [0.25, 0.3) is 22.3 Å². The van der Waals surface area contributed by atoms with Gasteiger partial charge in [-0.25, -0.2) is 4.68 Å². The number of hydrogen-bond donors (Lipinski definition) is 1. The van der Waals surface area contributed by atoms with Gasteiger partial charge in [-0.05, 0) is 25.3 Å². The maximum absolute atomic E-state index is 14.0. The van der Waals surface area contributed by atoms with E-state index >= 15 is 0 Å².